The predicted molar refractivity (Wildman–Crippen MR) is 109 cm³/mol. The van der Waals surface area contributed by atoms with E-state index in [2.05, 4.69) is 26.0 Å². The van der Waals surface area contributed by atoms with E-state index in [1.165, 1.54) is 25.8 Å². The van der Waals surface area contributed by atoms with Gasteiger partial charge in [-0.1, -0.05) is 29.8 Å². The van der Waals surface area contributed by atoms with Crippen LogP contribution in [0.5, 0.6) is 11.5 Å². The SMILES string of the molecule is COc1ccc(OC)c(S(=O)(=O)NCCc2n[nH]c(Cc3cccc(C)c3)n2)c1. The second-order valence-electron chi connectivity index (χ2n) is 6.53. The Morgan fingerprint density at radius 3 is 2.66 bits per heavy atom. The van der Waals surface area contributed by atoms with Crippen molar-refractivity contribution in [3.63, 3.8) is 0 Å². The summed E-state index contributed by atoms with van der Waals surface area (Å²) in [5.41, 5.74) is 2.32. The van der Waals surface area contributed by atoms with Crippen molar-refractivity contribution in [3.8, 4) is 11.5 Å². The van der Waals surface area contributed by atoms with Gasteiger partial charge in [-0.2, -0.15) is 5.10 Å². The minimum absolute atomic E-state index is 0.0227. The number of aromatic amines is 1. The number of H-pyrrole nitrogens is 1. The van der Waals surface area contributed by atoms with Gasteiger partial charge >= 0.3 is 0 Å². The molecule has 0 amide bonds. The van der Waals surface area contributed by atoms with Crippen LogP contribution in [0.2, 0.25) is 0 Å². The molecule has 0 saturated heterocycles. The highest BCUT2D eigenvalue weighted by molar-refractivity contribution is 7.89. The molecule has 3 aromatic rings. The number of aryl methyl sites for hydroxylation is 1. The van der Waals surface area contributed by atoms with E-state index in [-0.39, 0.29) is 17.2 Å². The third kappa shape index (κ3) is 5.33. The highest BCUT2D eigenvalue weighted by Gasteiger charge is 2.20. The predicted octanol–water partition coefficient (Wildman–Crippen LogP) is 2.24. The molecule has 1 aromatic heterocycles. The lowest BCUT2D eigenvalue weighted by molar-refractivity contribution is 0.392. The molecule has 154 valence electrons. The van der Waals surface area contributed by atoms with Crippen molar-refractivity contribution in [1.29, 1.82) is 0 Å². The number of ether oxygens (including phenoxy) is 2. The molecule has 0 fully saturated rings. The highest BCUT2D eigenvalue weighted by atomic mass is 32.2. The molecule has 0 aliphatic carbocycles. The Bertz CT molecular complexity index is 1080. The molecule has 0 aliphatic heterocycles. The average Bonchev–Trinajstić information content (AvgIpc) is 3.14. The van der Waals surface area contributed by atoms with E-state index in [1.54, 1.807) is 12.1 Å². The van der Waals surface area contributed by atoms with Crippen LogP contribution in [-0.4, -0.2) is 44.4 Å². The topological polar surface area (TPSA) is 106 Å². The number of aromatic nitrogens is 3. The molecule has 0 saturated carbocycles. The maximum Gasteiger partial charge on any atom is 0.244 e. The smallest absolute Gasteiger partial charge is 0.244 e. The minimum Gasteiger partial charge on any atom is -0.497 e. The van der Waals surface area contributed by atoms with Gasteiger partial charge < -0.3 is 9.47 Å². The van der Waals surface area contributed by atoms with Gasteiger partial charge in [-0.25, -0.2) is 18.1 Å². The molecule has 2 N–H and O–H groups in total. The Hall–Kier alpha value is -2.91. The summed E-state index contributed by atoms with van der Waals surface area (Å²) in [6.07, 6.45) is 0.997. The summed E-state index contributed by atoms with van der Waals surface area (Å²) in [4.78, 5) is 4.47. The van der Waals surface area contributed by atoms with Gasteiger partial charge in [0, 0.05) is 25.5 Å². The third-order valence-electron chi connectivity index (χ3n) is 4.33. The molecule has 0 unspecified atom stereocenters. The van der Waals surface area contributed by atoms with Crippen LogP contribution in [0, 0.1) is 6.92 Å². The number of sulfonamides is 1. The van der Waals surface area contributed by atoms with Crippen molar-refractivity contribution in [1.82, 2.24) is 19.9 Å². The van der Waals surface area contributed by atoms with Crippen molar-refractivity contribution < 1.29 is 17.9 Å². The van der Waals surface area contributed by atoms with E-state index in [0.717, 1.165) is 11.4 Å². The fraction of sp³-hybridized carbons (Fsp3) is 0.300. The molecule has 0 bridgehead atoms. The van der Waals surface area contributed by atoms with Gasteiger partial charge in [0.05, 0.1) is 14.2 Å². The first-order valence-electron chi connectivity index (χ1n) is 9.08. The summed E-state index contributed by atoms with van der Waals surface area (Å²) in [5, 5.41) is 7.08. The van der Waals surface area contributed by atoms with Crippen LogP contribution < -0.4 is 14.2 Å². The number of methoxy groups -OCH3 is 2. The number of nitrogens with one attached hydrogen (secondary N) is 2. The standard InChI is InChI=1S/C20H24N4O4S/c1-14-5-4-6-15(11-14)12-20-22-19(23-24-20)9-10-21-29(25,26)18-13-16(27-2)7-8-17(18)28-3/h4-8,11,13,21H,9-10,12H2,1-3H3,(H,22,23,24). The minimum atomic E-state index is -3.77. The van der Waals surface area contributed by atoms with E-state index in [0.29, 0.717) is 24.4 Å². The van der Waals surface area contributed by atoms with Crippen LogP contribution in [0.4, 0.5) is 0 Å². The first kappa shape index (κ1) is 20.8. The van der Waals surface area contributed by atoms with Gasteiger partial charge in [0.2, 0.25) is 10.0 Å². The van der Waals surface area contributed by atoms with Crippen molar-refractivity contribution >= 4 is 10.0 Å². The zero-order chi connectivity index (χ0) is 20.9. The molecule has 3 rings (SSSR count). The Balaban J connectivity index is 1.62. The van der Waals surface area contributed by atoms with E-state index < -0.39 is 10.0 Å². The molecule has 0 spiro atoms. The van der Waals surface area contributed by atoms with Crippen molar-refractivity contribution in [2.45, 2.75) is 24.7 Å². The average molecular weight is 417 g/mol. The van der Waals surface area contributed by atoms with Crippen LogP contribution in [0.25, 0.3) is 0 Å². The van der Waals surface area contributed by atoms with E-state index in [4.69, 9.17) is 9.47 Å². The summed E-state index contributed by atoms with van der Waals surface area (Å²) >= 11 is 0. The maximum absolute atomic E-state index is 12.7. The largest absolute Gasteiger partial charge is 0.497 e. The number of benzene rings is 2. The van der Waals surface area contributed by atoms with E-state index in [1.807, 2.05) is 25.1 Å². The number of hydrogen-bond acceptors (Lipinski definition) is 6. The first-order valence-corrected chi connectivity index (χ1v) is 10.6. The van der Waals surface area contributed by atoms with Gasteiger partial charge in [-0.3, -0.25) is 5.10 Å². The fourth-order valence-corrected chi connectivity index (χ4v) is 4.12. The number of nitrogens with zero attached hydrogens (tertiary/aromatic N) is 2. The van der Waals surface area contributed by atoms with Crippen LogP contribution in [0.1, 0.15) is 22.8 Å². The molecule has 8 nitrogen and oxygen atoms in total. The molecule has 29 heavy (non-hydrogen) atoms. The molecule has 9 heteroatoms. The van der Waals surface area contributed by atoms with E-state index >= 15 is 0 Å². The normalized spacial score (nSPS) is 11.4. The lowest BCUT2D eigenvalue weighted by Crippen LogP contribution is -2.26. The third-order valence-corrected chi connectivity index (χ3v) is 5.82. The lowest BCUT2D eigenvalue weighted by Gasteiger charge is -2.11. The quantitative estimate of drug-likeness (QED) is 0.554. The molecule has 1 heterocycles. The van der Waals surface area contributed by atoms with Crippen LogP contribution in [-0.2, 0) is 22.9 Å². The van der Waals surface area contributed by atoms with Crippen LogP contribution in [0.15, 0.2) is 47.4 Å². The zero-order valence-electron chi connectivity index (χ0n) is 16.6. The Morgan fingerprint density at radius 2 is 1.93 bits per heavy atom. The second-order valence-corrected chi connectivity index (χ2v) is 8.26. The van der Waals surface area contributed by atoms with Crippen LogP contribution in [0.3, 0.4) is 0 Å². The zero-order valence-corrected chi connectivity index (χ0v) is 17.4. The molecule has 0 aliphatic rings. The monoisotopic (exact) mass is 416 g/mol. The van der Waals surface area contributed by atoms with E-state index in [9.17, 15) is 8.42 Å². The summed E-state index contributed by atoms with van der Waals surface area (Å²) < 4.78 is 38.1. The first-order chi connectivity index (χ1) is 13.9. The summed E-state index contributed by atoms with van der Waals surface area (Å²) in [6, 6.07) is 12.8. The van der Waals surface area contributed by atoms with Gasteiger partial charge in [-0.15, -0.1) is 0 Å². The van der Waals surface area contributed by atoms with Gasteiger partial charge in [0.15, 0.2) is 5.82 Å². The van der Waals surface area contributed by atoms with Crippen molar-refractivity contribution in [3.05, 3.63) is 65.2 Å². The van der Waals surface area contributed by atoms with Crippen LogP contribution >= 0.6 is 0 Å². The molecule has 2 aromatic carbocycles. The van der Waals surface area contributed by atoms with Crippen molar-refractivity contribution in [2.24, 2.45) is 0 Å². The highest BCUT2D eigenvalue weighted by Crippen LogP contribution is 2.27. The molecular weight excluding hydrogens is 392 g/mol. The number of hydrogen-bond donors (Lipinski definition) is 2. The lowest BCUT2D eigenvalue weighted by atomic mass is 10.1. The molecule has 0 radical (unpaired) electrons. The summed E-state index contributed by atoms with van der Waals surface area (Å²) in [6.45, 7) is 2.20. The Morgan fingerprint density at radius 1 is 1.10 bits per heavy atom. The Kier molecular flexibility index (Phi) is 6.50. The fourth-order valence-electron chi connectivity index (χ4n) is 2.91. The molecule has 0 atom stereocenters. The van der Waals surface area contributed by atoms with Gasteiger partial charge in [0.25, 0.3) is 0 Å². The summed E-state index contributed by atoms with van der Waals surface area (Å²) in [5.74, 6) is 1.97. The summed E-state index contributed by atoms with van der Waals surface area (Å²) in [7, 11) is -0.877. The van der Waals surface area contributed by atoms with Gasteiger partial charge in [0.1, 0.15) is 22.2 Å². The van der Waals surface area contributed by atoms with Gasteiger partial charge in [-0.05, 0) is 24.6 Å². The molecular formula is C20H24N4O4S. The second kappa shape index (κ2) is 9.06. The maximum atomic E-state index is 12.7. The van der Waals surface area contributed by atoms with Crippen molar-refractivity contribution in [2.75, 3.05) is 20.8 Å². The number of rotatable bonds is 9. The Labute approximate surface area is 170 Å².